The van der Waals surface area contributed by atoms with Crippen molar-refractivity contribution in [2.75, 3.05) is 13.7 Å². The monoisotopic (exact) mass is 339 g/mol. The van der Waals surface area contributed by atoms with Gasteiger partial charge in [0.2, 0.25) is 5.54 Å². The highest BCUT2D eigenvalue weighted by molar-refractivity contribution is 6.00. The van der Waals surface area contributed by atoms with E-state index < -0.39 is 35.2 Å². The Labute approximate surface area is 142 Å². The van der Waals surface area contributed by atoms with Gasteiger partial charge in [-0.15, -0.1) is 0 Å². The number of nitrogens with one attached hydrogen (secondary N) is 1. The van der Waals surface area contributed by atoms with Gasteiger partial charge in [0.05, 0.1) is 13.2 Å². The molecule has 1 aliphatic rings. The van der Waals surface area contributed by atoms with Gasteiger partial charge in [-0.3, -0.25) is 14.5 Å². The van der Waals surface area contributed by atoms with Crippen LogP contribution >= 0.6 is 0 Å². The number of ether oxygens (including phenoxy) is 2. The zero-order valence-electron chi connectivity index (χ0n) is 15.0. The van der Waals surface area contributed by atoms with Gasteiger partial charge in [-0.05, 0) is 33.1 Å². The summed E-state index contributed by atoms with van der Waals surface area (Å²) in [6, 6.07) is 1.34. The lowest BCUT2D eigenvalue weighted by atomic mass is 9.98. The standard InChI is InChI=1S/C16H25N3O5/c1-10(2)7-11-16(9-17,13(21)18-8-12(20)23-6)19(11)14(22)24-15(3,4)5/h10-11H,7-8H2,1-6H3,(H,18,21)/t11-,16+,19?/m1/s1. The summed E-state index contributed by atoms with van der Waals surface area (Å²) in [7, 11) is 1.19. The number of methoxy groups -OCH3 is 1. The SMILES string of the molecule is COC(=O)CNC(=O)[C@]1(C#N)[C@@H](CC(C)C)N1C(=O)OC(C)(C)C. The molecule has 1 heterocycles. The van der Waals surface area contributed by atoms with Gasteiger partial charge >= 0.3 is 12.1 Å². The molecule has 2 atom stereocenters. The fourth-order valence-electron chi connectivity index (χ4n) is 2.45. The summed E-state index contributed by atoms with van der Waals surface area (Å²) < 4.78 is 9.75. The Balaban J connectivity index is 2.99. The predicted molar refractivity (Wildman–Crippen MR) is 84.7 cm³/mol. The summed E-state index contributed by atoms with van der Waals surface area (Å²) in [6.07, 6.45) is -0.249. The third kappa shape index (κ3) is 4.16. The first-order valence-corrected chi connectivity index (χ1v) is 7.78. The second-order valence-corrected chi connectivity index (χ2v) is 7.13. The van der Waals surface area contributed by atoms with Crippen LogP contribution < -0.4 is 5.32 Å². The second kappa shape index (κ2) is 7.07. The number of hydrogen-bond donors (Lipinski definition) is 1. The fraction of sp³-hybridized carbons (Fsp3) is 0.750. The van der Waals surface area contributed by atoms with E-state index in [2.05, 4.69) is 10.1 Å². The van der Waals surface area contributed by atoms with Crippen LogP contribution in [0.2, 0.25) is 0 Å². The smallest absolute Gasteiger partial charge is 0.412 e. The van der Waals surface area contributed by atoms with Gasteiger partial charge in [-0.1, -0.05) is 13.8 Å². The minimum Gasteiger partial charge on any atom is -0.468 e. The van der Waals surface area contributed by atoms with Crippen LogP contribution in [0, 0.1) is 17.2 Å². The first kappa shape index (κ1) is 19.7. The number of rotatable bonds is 5. The normalized spacial score (nSPS) is 22.6. The van der Waals surface area contributed by atoms with Gasteiger partial charge in [-0.25, -0.2) is 4.79 Å². The third-order valence-electron chi connectivity index (χ3n) is 3.53. The molecule has 8 nitrogen and oxygen atoms in total. The van der Waals surface area contributed by atoms with Gasteiger partial charge in [0.25, 0.3) is 5.91 Å². The summed E-state index contributed by atoms with van der Waals surface area (Å²) in [6.45, 7) is 8.61. The first-order valence-electron chi connectivity index (χ1n) is 7.78. The van der Waals surface area contributed by atoms with Crippen molar-refractivity contribution in [1.82, 2.24) is 10.2 Å². The van der Waals surface area contributed by atoms with E-state index in [1.54, 1.807) is 20.8 Å². The molecular weight excluding hydrogens is 314 g/mol. The van der Waals surface area contributed by atoms with Crippen molar-refractivity contribution in [3.8, 4) is 6.07 Å². The molecule has 0 spiro atoms. The molecule has 0 radical (unpaired) electrons. The Morgan fingerprint density at radius 3 is 2.33 bits per heavy atom. The van der Waals surface area contributed by atoms with Gasteiger partial charge in [0.1, 0.15) is 18.2 Å². The van der Waals surface area contributed by atoms with Crippen molar-refractivity contribution >= 4 is 18.0 Å². The minimum absolute atomic E-state index is 0.170. The maximum absolute atomic E-state index is 12.5. The number of amides is 2. The molecule has 0 unspecified atom stereocenters. The van der Waals surface area contributed by atoms with Gasteiger partial charge in [-0.2, -0.15) is 5.26 Å². The molecule has 0 bridgehead atoms. The van der Waals surface area contributed by atoms with Crippen molar-refractivity contribution < 1.29 is 23.9 Å². The summed E-state index contributed by atoms with van der Waals surface area (Å²) >= 11 is 0. The molecule has 0 aromatic heterocycles. The highest BCUT2D eigenvalue weighted by atomic mass is 16.6. The number of nitriles is 1. The molecule has 1 N–H and O–H groups in total. The Morgan fingerprint density at radius 1 is 1.33 bits per heavy atom. The van der Waals surface area contributed by atoms with E-state index in [0.717, 1.165) is 4.90 Å². The number of carbonyl (C=O) groups excluding carboxylic acids is 3. The Morgan fingerprint density at radius 2 is 1.92 bits per heavy atom. The molecule has 2 amide bonds. The molecule has 8 heteroatoms. The summed E-state index contributed by atoms with van der Waals surface area (Å²) in [5.74, 6) is -1.17. The van der Waals surface area contributed by atoms with E-state index in [4.69, 9.17) is 4.74 Å². The third-order valence-corrected chi connectivity index (χ3v) is 3.53. The highest BCUT2D eigenvalue weighted by Crippen LogP contribution is 2.45. The largest absolute Gasteiger partial charge is 0.468 e. The van der Waals surface area contributed by atoms with Crippen LogP contribution in [0.1, 0.15) is 41.0 Å². The van der Waals surface area contributed by atoms with E-state index in [9.17, 15) is 19.6 Å². The fourth-order valence-corrected chi connectivity index (χ4v) is 2.45. The lowest BCUT2D eigenvalue weighted by molar-refractivity contribution is -0.141. The van der Waals surface area contributed by atoms with E-state index in [1.165, 1.54) is 7.11 Å². The van der Waals surface area contributed by atoms with Gasteiger partial charge < -0.3 is 14.8 Å². The molecule has 1 rings (SSSR count). The first-order chi connectivity index (χ1) is 11.0. The van der Waals surface area contributed by atoms with Crippen molar-refractivity contribution in [1.29, 1.82) is 5.26 Å². The van der Waals surface area contributed by atoms with Gasteiger partial charge in [0.15, 0.2) is 0 Å². The van der Waals surface area contributed by atoms with Crippen LogP contribution in [0.5, 0.6) is 0 Å². The Bertz CT molecular complexity index is 561. The topological polar surface area (TPSA) is 109 Å². The number of carbonyl (C=O) groups is 3. The number of nitrogens with zero attached hydrogens (tertiary/aromatic N) is 2. The van der Waals surface area contributed by atoms with Crippen molar-refractivity contribution in [2.24, 2.45) is 5.92 Å². The van der Waals surface area contributed by atoms with Crippen LogP contribution in [0.25, 0.3) is 0 Å². The van der Waals surface area contributed by atoms with Crippen LogP contribution in [-0.2, 0) is 19.1 Å². The minimum atomic E-state index is -1.65. The lowest BCUT2D eigenvalue weighted by Crippen LogP contribution is -2.44. The Hall–Kier alpha value is -2.30. The van der Waals surface area contributed by atoms with E-state index in [-0.39, 0.29) is 12.5 Å². The van der Waals surface area contributed by atoms with Crippen molar-refractivity contribution in [2.45, 2.75) is 58.2 Å². The molecule has 134 valence electrons. The lowest BCUT2D eigenvalue weighted by Gasteiger charge is -2.20. The highest BCUT2D eigenvalue weighted by Gasteiger charge is 2.72. The summed E-state index contributed by atoms with van der Waals surface area (Å²) in [5, 5.41) is 11.9. The summed E-state index contributed by atoms with van der Waals surface area (Å²) in [4.78, 5) is 37.2. The number of hydrogen-bond acceptors (Lipinski definition) is 6. The second-order valence-electron chi connectivity index (χ2n) is 7.13. The van der Waals surface area contributed by atoms with Crippen LogP contribution in [-0.4, -0.2) is 53.7 Å². The molecule has 0 aliphatic carbocycles. The maximum atomic E-state index is 12.5. The van der Waals surface area contributed by atoms with Crippen molar-refractivity contribution in [3.63, 3.8) is 0 Å². The molecule has 0 aromatic carbocycles. The zero-order chi connectivity index (χ0) is 18.7. The quantitative estimate of drug-likeness (QED) is 0.595. The van der Waals surface area contributed by atoms with Crippen LogP contribution in [0.3, 0.4) is 0 Å². The van der Waals surface area contributed by atoms with E-state index >= 15 is 0 Å². The van der Waals surface area contributed by atoms with Crippen LogP contribution in [0.4, 0.5) is 4.79 Å². The average molecular weight is 339 g/mol. The molecule has 1 aliphatic heterocycles. The maximum Gasteiger partial charge on any atom is 0.412 e. The molecule has 24 heavy (non-hydrogen) atoms. The predicted octanol–water partition coefficient (Wildman–Crippen LogP) is 1.20. The Kier molecular flexibility index (Phi) is 5.82. The van der Waals surface area contributed by atoms with E-state index in [1.807, 2.05) is 19.9 Å². The zero-order valence-corrected chi connectivity index (χ0v) is 15.0. The average Bonchev–Trinajstić information content (AvgIpc) is 3.10. The van der Waals surface area contributed by atoms with Crippen molar-refractivity contribution in [3.05, 3.63) is 0 Å². The van der Waals surface area contributed by atoms with Gasteiger partial charge in [0, 0.05) is 0 Å². The molecular formula is C16H25N3O5. The van der Waals surface area contributed by atoms with Crippen LogP contribution in [0.15, 0.2) is 0 Å². The van der Waals surface area contributed by atoms with E-state index in [0.29, 0.717) is 6.42 Å². The number of esters is 1. The molecule has 1 saturated heterocycles. The molecule has 0 aromatic rings. The molecule has 0 saturated carbocycles. The summed E-state index contributed by atoms with van der Waals surface area (Å²) in [5.41, 5.74) is -2.40. The molecule has 1 fully saturated rings.